The van der Waals surface area contributed by atoms with E-state index in [2.05, 4.69) is 10.2 Å². The fraction of sp³-hybridized carbons (Fsp3) is 0.778. The SMILES string of the molecule is Cc1nnc(SCCCCCN)n1C. The van der Waals surface area contributed by atoms with E-state index in [0.29, 0.717) is 0 Å². The fourth-order valence-corrected chi connectivity index (χ4v) is 2.06. The van der Waals surface area contributed by atoms with Crippen molar-refractivity contribution < 1.29 is 0 Å². The molecule has 0 radical (unpaired) electrons. The van der Waals surface area contributed by atoms with Crippen LogP contribution < -0.4 is 5.73 Å². The molecule has 1 rings (SSSR count). The van der Waals surface area contributed by atoms with Gasteiger partial charge in [-0.15, -0.1) is 10.2 Å². The number of aromatic nitrogens is 3. The van der Waals surface area contributed by atoms with Gasteiger partial charge in [-0.3, -0.25) is 0 Å². The van der Waals surface area contributed by atoms with Crippen molar-refractivity contribution in [2.24, 2.45) is 12.8 Å². The zero-order chi connectivity index (χ0) is 10.4. The van der Waals surface area contributed by atoms with E-state index in [1.165, 1.54) is 12.8 Å². The number of hydrogen-bond donors (Lipinski definition) is 1. The van der Waals surface area contributed by atoms with Gasteiger partial charge in [0, 0.05) is 12.8 Å². The second kappa shape index (κ2) is 6.03. The topological polar surface area (TPSA) is 56.7 Å². The van der Waals surface area contributed by atoms with E-state index in [9.17, 15) is 0 Å². The summed E-state index contributed by atoms with van der Waals surface area (Å²) in [5.74, 6) is 2.07. The number of unbranched alkanes of at least 4 members (excludes halogenated alkanes) is 2. The van der Waals surface area contributed by atoms with Crippen LogP contribution >= 0.6 is 11.8 Å². The van der Waals surface area contributed by atoms with Gasteiger partial charge in [-0.2, -0.15) is 0 Å². The van der Waals surface area contributed by atoms with Crippen LogP contribution in [0.3, 0.4) is 0 Å². The molecule has 0 saturated heterocycles. The first kappa shape index (κ1) is 11.5. The number of hydrogen-bond acceptors (Lipinski definition) is 4. The Morgan fingerprint density at radius 1 is 1.29 bits per heavy atom. The zero-order valence-corrected chi connectivity index (χ0v) is 9.68. The van der Waals surface area contributed by atoms with Crippen LogP contribution in [0.5, 0.6) is 0 Å². The summed E-state index contributed by atoms with van der Waals surface area (Å²) in [7, 11) is 2.00. The molecule has 0 spiro atoms. The average molecular weight is 214 g/mol. The summed E-state index contributed by atoms with van der Waals surface area (Å²) < 4.78 is 2.02. The first-order chi connectivity index (χ1) is 6.75. The van der Waals surface area contributed by atoms with Crippen LogP contribution in [0.25, 0.3) is 0 Å². The van der Waals surface area contributed by atoms with Crippen molar-refractivity contribution in [2.75, 3.05) is 12.3 Å². The highest BCUT2D eigenvalue weighted by atomic mass is 32.2. The molecule has 0 atom stereocenters. The molecule has 4 nitrogen and oxygen atoms in total. The predicted octanol–water partition coefficient (Wildman–Crippen LogP) is 1.34. The maximum Gasteiger partial charge on any atom is 0.190 e. The third-order valence-corrected chi connectivity index (χ3v) is 3.24. The first-order valence-corrected chi connectivity index (χ1v) is 5.93. The molecule has 0 fully saturated rings. The van der Waals surface area contributed by atoms with Gasteiger partial charge in [0.25, 0.3) is 0 Å². The highest BCUT2D eigenvalue weighted by molar-refractivity contribution is 7.99. The highest BCUT2D eigenvalue weighted by Crippen LogP contribution is 2.16. The van der Waals surface area contributed by atoms with Gasteiger partial charge in [-0.1, -0.05) is 18.2 Å². The van der Waals surface area contributed by atoms with Gasteiger partial charge < -0.3 is 10.3 Å². The molecule has 0 bridgehead atoms. The zero-order valence-electron chi connectivity index (χ0n) is 8.86. The van der Waals surface area contributed by atoms with Crippen LogP contribution in [-0.2, 0) is 7.05 Å². The molecule has 5 heteroatoms. The quantitative estimate of drug-likeness (QED) is 0.573. The molecule has 1 aromatic heterocycles. The van der Waals surface area contributed by atoms with Crippen LogP contribution in [0.15, 0.2) is 5.16 Å². The molecule has 0 aliphatic heterocycles. The fourth-order valence-electron chi connectivity index (χ4n) is 1.10. The molecular weight excluding hydrogens is 196 g/mol. The Bertz CT molecular complexity index is 272. The molecule has 1 heterocycles. The summed E-state index contributed by atoms with van der Waals surface area (Å²) in [5, 5.41) is 9.10. The van der Waals surface area contributed by atoms with Gasteiger partial charge in [-0.05, 0) is 26.3 Å². The number of thioether (sulfide) groups is 1. The largest absolute Gasteiger partial charge is 0.330 e. The average Bonchev–Trinajstić information content (AvgIpc) is 2.49. The van der Waals surface area contributed by atoms with Crippen molar-refractivity contribution >= 4 is 11.8 Å². The van der Waals surface area contributed by atoms with Crippen molar-refractivity contribution in [3.8, 4) is 0 Å². The lowest BCUT2D eigenvalue weighted by Crippen LogP contribution is -1.98. The van der Waals surface area contributed by atoms with Crippen molar-refractivity contribution in [2.45, 2.75) is 31.3 Å². The molecule has 2 N–H and O–H groups in total. The van der Waals surface area contributed by atoms with Gasteiger partial charge in [0.05, 0.1) is 0 Å². The molecule has 0 aliphatic rings. The van der Waals surface area contributed by atoms with E-state index in [-0.39, 0.29) is 0 Å². The lowest BCUT2D eigenvalue weighted by molar-refractivity contribution is 0.727. The summed E-state index contributed by atoms with van der Waals surface area (Å²) in [6.45, 7) is 2.76. The summed E-state index contributed by atoms with van der Waals surface area (Å²) in [6, 6.07) is 0. The Labute approximate surface area is 89.3 Å². The van der Waals surface area contributed by atoms with Crippen molar-refractivity contribution in [3.63, 3.8) is 0 Å². The maximum atomic E-state index is 5.42. The lowest BCUT2D eigenvalue weighted by Gasteiger charge is -2.00. The van der Waals surface area contributed by atoms with Crippen molar-refractivity contribution in [3.05, 3.63) is 5.82 Å². The minimum atomic E-state index is 0.799. The molecule has 80 valence electrons. The number of nitrogens with zero attached hydrogens (tertiary/aromatic N) is 3. The lowest BCUT2D eigenvalue weighted by atomic mass is 10.2. The van der Waals surface area contributed by atoms with E-state index >= 15 is 0 Å². The van der Waals surface area contributed by atoms with Crippen LogP contribution in [-0.4, -0.2) is 27.1 Å². The Hall–Kier alpha value is -0.550. The minimum absolute atomic E-state index is 0.799. The summed E-state index contributed by atoms with van der Waals surface area (Å²) >= 11 is 1.77. The number of aryl methyl sites for hydroxylation is 1. The molecule has 0 saturated carbocycles. The van der Waals surface area contributed by atoms with Gasteiger partial charge in [0.2, 0.25) is 0 Å². The molecular formula is C9H18N4S. The number of rotatable bonds is 6. The molecule has 14 heavy (non-hydrogen) atoms. The smallest absolute Gasteiger partial charge is 0.190 e. The van der Waals surface area contributed by atoms with Crippen molar-refractivity contribution in [1.29, 1.82) is 0 Å². The van der Waals surface area contributed by atoms with Crippen molar-refractivity contribution in [1.82, 2.24) is 14.8 Å². The Balaban J connectivity index is 2.21. The van der Waals surface area contributed by atoms with Crippen LogP contribution in [0.1, 0.15) is 25.1 Å². The summed E-state index contributed by atoms with van der Waals surface area (Å²) in [6.07, 6.45) is 3.53. The minimum Gasteiger partial charge on any atom is -0.330 e. The Kier molecular flexibility index (Phi) is 4.97. The highest BCUT2D eigenvalue weighted by Gasteiger charge is 2.04. The van der Waals surface area contributed by atoms with Gasteiger partial charge in [0.1, 0.15) is 5.82 Å². The van der Waals surface area contributed by atoms with E-state index in [0.717, 1.165) is 29.7 Å². The Morgan fingerprint density at radius 2 is 2.07 bits per heavy atom. The second-order valence-corrected chi connectivity index (χ2v) is 4.35. The molecule has 0 amide bonds. The van der Waals surface area contributed by atoms with E-state index in [1.54, 1.807) is 11.8 Å². The molecule has 1 aromatic rings. The third-order valence-electron chi connectivity index (χ3n) is 2.13. The second-order valence-electron chi connectivity index (χ2n) is 3.29. The van der Waals surface area contributed by atoms with Crippen LogP contribution in [0.4, 0.5) is 0 Å². The summed E-state index contributed by atoms with van der Waals surface area (Å²) in [4.78, 5) is 0. The predicted molar refractivity (Wildman–Crippen MR) is 59.4 cm³/mol. The Morgan fingerprint density at radius 3 is 2.64 bits per heavy atom. The van der Waals surface area contributed by atoms with Gasteiger partial charge in [-0.25, -0.2) is 0 Å². The normalized spacial score (nSPS) is 10.8. The van der Waals surface area contributed by atoms with Gasteiger partial charge >= 0.3 is 0 Å². The molecule has 0 aliphatic carbocycles. The van der Waals surface area contributed by atoms with E-state index in [4.69, 9.17) is 5.73 Å². The molecule has 0 unspecified atom stereocenters. The number of nitrogens with two attached hydrogens (primary N) is 1. The third kappa shape index (κ3) is 3.31. The maximum absolute atomic E-state index is 5.42. The monoisotopic (exact) mass is 214 g/mol. The molecule has 0 aromatic carbocycles. The standard InChI is InChI=1S/C9H18N4S/c1-8-11-12-9(13(8)2)14-7-5-3-4-6-10/h3-7,10H2,1-2H3. The van der Waals surface area contributed by atoms with E-state index in [1.807, 2.05) is 18.5 Å². The summed E-state index contributed by atoms with van der Waals surface area (Å²) in [5.41, 5.74) is 5.42. The van der Waals surface area contributed by atoms with E-state index < -0.39 is 0 Å². The van der Waals surface area contributed by atoms with Crippen LogP contribution in [0, 0.1) is 6.92 Å². The van der Waals surface area contributed by atoms with Gasteiger partial charge in [0.15, 0.2) is 5.16 Å². The van der Waals surface area contributed by atoms with Crippen LogP contribution in [0.2, 0.25) is 0 Å². The first-order valence-electron chi connectivity index (χ1n) is 4.94.